The number of fused-ring (bicyclic) bond motifs is 2. The predicted octanol–water partition coefficient (Wildman–Crippen LogP) is 3.38. The summed E-state index contributed by atoms with van der Waals surface area (Å²) in [6.45, 7) is 6.92. The van der Waals surface area contributed by atoms with Crippen LogP contribution in [-0.2, 0) is 20.8 Å². The fourth-order valence-corrected chi connectivity index (χ4v) is 7.80. The molecule has 0 saturated carbocycles. The Balaban J connectivity index is 0.000000281. The minimum Gasteiger partial charge on any atom is -0.545 e. The lowest BCUT2D eigenvalue weighted by atomic mass is 9.90. The van der Waals surface area contributed by atoms with Crippen LogP contribution in [0.2, 0.25) is 0 Å². The van der Waals surface area contributed by atoms with Crippen molar-refractivity contribution in [3.63, 3.8) is 0 Å². The summed E-state index contributed by atoms with van der Waals surface area (Å²) in [6, 6.07) is 25.3. The van der Waals surface area contributed by atoms with E-state index < -0.39 is 12.0 Å². The maximum atomic E-state index is 12.7. The highest BCUT2D eigenvalue weighted by Crippen LogP contribution is 2.41. The summed E-state index contributed by atoms with van der Waals surface area (Å²) in [4.78, 5) is 64.6. The molecule has 2 heterocycles. The molecule has 0 fully saturated rings. The number of nitrogens with two attached hydrogens (primary N) is 1. The number of carbonyl (C=O) groups excluding carboxylic acids is 5. The number of nitrogens with one attached hydrogen (secondary N) is 4. The van der Waals surface area contributed by atoms with Crippen molar-refractivity contribution in [2.45, 2.75) is 91.0 Å². The Labute approximate surface area is 415 Å². The van der Waals surface area contributed by atoms with Crippen LogP contribution in [0.3, 0.4) is 0 Å². The molecule has 0 radical (unpaired) electrons. The number of anilines is 1. The second-order valence-corrected chi connectivity index (χ2v) is 17.8. The molecule has 1 aromatic heterocycles. The number of carboxylic acids is 1. The number of Topliss-reactive ketones (excluding diaryl/α,β-unsaturated/α-hetero) is 1. The van der Waals surface area contributed by atoms with Gasteiger partial charge in [-0.3, -0.25) is 29.9 Å². The number of benzene rings is 4. The molecular weight excluding hydrogens is 901 g/mol. The van der Waals surface area contributed by atoms with Gasteiger partial charge in [-0.25, -0.2) is 9.26 Å². The highest BCUT2D eigenvalue weighted by molar-refractivity contribution is 6.07. The first kappa shape index (κ1) is 54.3. The Morgan fingerprint density at radius 1 is 0.859 bits per heavy atom. The lowest BCUT2D eigenvalue weighted by molar-refractivity contribution is -0.460. The van der Waals surface area contributed by atoms with Crippen molar-refractivity contribution in [1.29, 1.82) is 0 Å². The number of nitrogens with zero attached hydrogens (tertiary/aromatic N) is 5. The van der Waals surface area contributed by atoms with E-state index in [9.17, 15) is 29.1 Å². The lowest BCUT2D eigenvalue weighted by Gasteiger charge is -2.19. The van der Waals surface area contributed by atoms with Crippen LogP contribution in [0, 0.1) is 0 Å². The second-order valence-electron chi connectivity index (χ2n) is 17.8. The van der Waals surface area contributed by atoms with Crippen LogP contribution in [0.1, 0.15) is 105 Å². The van der Waals surface area contributed by atoms with E-state index in [1.807, 2.05) is 99.3 Å². The van der Waals surface area contributed by atoms with E-state index in [1.54, 1.807) is 41.1 Å². The zero-order chi connectivity index (χ0) is 51.5. The van der Waals surface area contributed by atoms with Gasteiger partial charge < -0.3 is 35.2 Å². The van der Waals surface area contributed by atoms with Crippen LogP contribution < -0.4 is 46.6 Å². The third-order valence-corrected chi connectivity index (χ3v) is 11.9. The number of carbonyl (C=O) groups is 5. The molecule has 1 unspecified atom stereocenters. The fraction of sp³-hybridized carbons (Fsp3) is 0.389. The minimum absolute atomic E-state index is 0.0182. The largest absolute Gasteiger partial charge is 0.545 e. The van der Waals surface area contributed by atoms with E-state index in [0.29, 0.717) is 73.6 Å². The molecule has 2 aliphatic rings. The standard InChI is InChI=1S/C30H46N8O4.C24H22N2O3/c1-4-28(31)33-20-10-12-27(22(2)39)35-30(42)24-14-16-26(17-15-24)38-21-25(36-37-38)11-6-7-13-29(41)34-19-9-5-8-18-32-23(3)40;1-25(2)15-9-11-19-21(13-15)29-22-14-16(26(3)4)10-12-20(22)23(19)17-7-5-6-8-18(17)24(27)28/h14-17,21,27H,4-13,18-20H2,1-3H3,(H2,31,33)(H,32,40)(H,34,41)(H,35,42);5-14H,1-4H3/p+1. The van der Waals surface area contributed by atoms with Gasteiger partial charge in [0.1, 0.15) is 25.4 Å². The van der Waals surface area contributed by atoms with Crippen molar-refractivity contribution in [3.8, 4) is 28.1 Å². The highest BCUT2D eigenvalue weighted by atomic mass is 16.4. The van der Waals surface area contributed by atoms with E-state index in [2.05, 4.69) is 31.3 Å². The smallest absolute Gasteiger partial charge is 0.251 e. The number of aromatic carboxylic acids is 1. The number of hydrogen-bond acceptors (Lipinski definition) is 10. The summed E-state index contributed by atoms with van der Waals surface area (Å²) in [6.07, 6.45) is 9.33. The summed E-state index contributed by atoms with van der Waals surface area (Å²) in [5.41, 5.74) is 12.0. The zero-order valence-electron chi connectivity index (χ0n) is 42.1. The number of amides is 3. The van der Waals surface area contributed by atoms with Crippen molar-refractivity contribution < 1.29 is 38.5 Å². The van der Waals surface area contributed by atoms with Gasteiger partial charge in [0, 0.05) is 92.4 Å². The van der Waals surface area contributed by atoms with Crippen LogP contribution >= 0.6 is 0 Å². The first-order chi connectivity index (χ1) is 34.1. The van der Waals surface area contributed by atoms with Crippen molar-refractivity contribution in [2.75, 3.05) is 52.7 Å². The third kappa shape index (κ3) is 16.2. The Morgan fingerprint density at radius 2 is 1.59 bits per heavy atom. The summed E-state index contributed by atoms with van der Waals surface area (Å²) in [5, 5.41) is 30.6. The number of rotatable bonds is 23. The third-order valence-electron chi connectivity index (χ3n) is 11.9. The molecule has 0 spiro atoms. The number of aryl methyl sites for hydroxylation is 1. The summed E-state index contributed by atoms with van der Waals surface area (Å²) >= 11 is 0. The molecule has 4 aromatic rings. The topological polar surface area (TPSA) is 235 Å². The minimum atomic E-state index is -1.20. The Hall–Kier alpha value is -7.69. The number of amidine groups is 1. The lowest BCUT2D eigenvalue weighted by Crippen LogP contribution is -2.75. The normalized spacial score (nSPS) is 11.6. The van der Waals surface area contributed by atoms with Gasteiger partial charge >= 0.3 is 0 Å². The average molecular weight is 970 g/mol. The van der Waals surface area contributed by atoms with Crippen molar-refractivity contribution >= 4 is 52.0 Å². The zero-order valence-corrected chi connectivity index (χ0v) is 42.1. The van der Waals surface area contributed by atoms with Crippen LogP contribution in [0.5, 0.6) is 0 Å². The molecule has 0 bridgehead atoms. The quantitative estimate of drug-likeness (QED) is 0.0205. The Bertz CT molecular complexity index is 2840. The van der Waals surface area contributed by atoms with Gasteiger partial charge in [0.2, 0.25) is 23.0 Å². The van der Waals surface area contributed by atoms with Crippen LogP contribution in [0.25, 0.3) is 39.1 Å². The van der Waals surface area contributed by atoms with Gasteiger partial charge in [0.05, 0.1) is 42.2 Å². The molecule has 376 valence electrons. The van der Waals surface area contributed by atoms with E-state index in [0.717, 1.165) is 77.5 Å². The van der Waals surface area contributed by atoms with E-state index in [4.69, 9.17) is 10.2 Å². The van der Waals surface area contributed by atoms with Crippen LogP contribution in [0.4, 0.5) is 5.69 Å². The van der Waals surface area contributed by atoms with Gasteiger partial charge in [-0.05, 0) is 106 Å². The predicted molar refractivity (Wildman–Crippen MR) is 275 cm³/mol. The first-order valence-electron chi connectivity index (χ1n) is 24.2. The van der Waals surface area contributed by atoms with E-state index in [-0.39, 0.29) is 29.1 Å². The van der Waals surface area contributed by atoms with Crippen LogP contribution in [-0.4, -0.2) is 104 Å². The molecule has 3 aromatic carbocycles. The molecule has 6 rings (SSSR count). The summed E-state index contributed by atoms with van der Waals surface area (Å²) in [5.74, 6) is -0.157. The van der Waals surface area contributed by atoms with Gasteiger partial charge in [-0.2, -0.15) is 0 Å². The van der Waals surface area contributed by atoms with E-state index >= 15 is 0 Å². The Kier molecular flexibility index (Phi) is 20.6. The van der Waals surface area contributed by atoms with Gasteiger partial charge in [0.25, 0.3) is 5.91 Å². The van der Waals surface area contributed by atoms with Gasteiger partial charge in [0.15, 0.2) is 5.78 Å². The number of ketones is 1. The SMILES string of the molecule is CCC(N)=[NH+]CCCC(NC(=O)c1ccc(-n2cc(CCCCC(=O)NCCCCCNC(C)=O)nn2)cc1)C(C)=O.CN(C)c1ccc2c(-c3ccccc3C(=O)[O-])c3ccc(=[N+](C)C)cc-3oc2c1. The number of hydrogen-bond donors (Lipinski definition) is 5. The highest BCUT2D eigenvalue weighted by Gasteiger charge is 2.21. The first-order valence-corrected chi connectivity index (χ1v) is 24.2. The van der Waals surface area contributed by atoms with Gasteiger partial charge in [-0.15, -0.1) is 5.10 Å². The number of aromatic nitrogens is 3. The number of carboxylic acid groups (broad SMARTS) is 1. The molecule has 3 amide bonds. The molecule has 17 nitrogen and oxygen atoms in total. The fourth-order valence-electron chi connectivity index (χ4n) is 7.80. The summed E-state index contributed by atoms with van der Waals surface area (Å²) < 4.78 is 9.93. The molecule has 6 N–H and O–H groups in total. The molecule has 17 heteroatoms. The van der Waals surface area contributed by atoms with Crippen LogP contribution in [0.15, 0.2) is 95.5 Å². The molecular formula is C54H69N10O7+. The summed E-state index contributed by atoms with van der Waals surface area (Å²) in [7, 11) is 7.88. The average Bonchev–Trinajstić information content (AvgIpc) is 3.83. The number of unbranched alkanes of at least 4 members (excludes halogenated alkanes) is 3. The molecule has 71 heavy (non-hydrogen) atoms. The monoisotopic (exact) mass is 970 g/mol. The van der Waals surface area contributed by atoms with E-state index in [1.165, 1.54) is 13.8 Å². The van der Waals surface area contributed by atoms with Crippen molar-refractivity contribution in [1.82, 2.24) is 35.5 Å². The van der Waals surface area contributed by atoms with Crippen molar-refractivity contribution in [3.05, 3.63) is 113 Å². The van der Waals surface area contributed by atoms with Gasteiger partial charge in [-0.1, -0.05) is 36.4 Å². The Morgan fingerprint density at radius 3 is 2.27 bits per heavy atom. The second kappa shape index (κ2) is 26.9. The maximum Gasteiger partial charge on any atom is 0.251 e. The van der Waals surface area contributed by atoms with Crippen molar-refractivity contribution in [2.24, 2.45) is 5.73 Å². The maximum absolute atomic E-state index is 12.7. The molecule has 1 atom stereocenters. The molecule has 1 aliphatic heterocycles. The molecule has 1 aliphatic carbocycles. The molecule has 0 saturated heterocycles.